The second kappa shape index (κ2) is 15.2. The van der Waals surface area contributed by atoms with Crippen molar-refractivity contribution in [2.45, 2.75) is 91.0 Å². The largest absolute Gasteiger partial charge is 0.379 e. The number of amides is 1. The number of ether oxygens (including phenoxy) is 2. The van der Waals surface area contributed by atoms with Gasteiger partial charge in [0.05, 0.1) is 12.7 Å². The lowest BCUT2D eigenvalue weighted by Crippen LogP contribution is -2.51. The van der Waals surface area contributed by atoms with Crippen LogP contribution in [0, 0.1) is 5.92 Å². The molecule has 6 heteroatoms. The van der Waals surface area contributed by atoms with Crippen LogP contribution in [0.4, 0.5) is 0 Å². The van der Waals surface area contributed by atoms with Crippen molar-refractivity contribution < 1.29 is 14.3 Å². The summed E-state index contributed by atoms with van der Waals surface area (Å²) in [4.78, 5) is 19.2. The highest BCUT2D eigenvalue weighted by Crippen LogP contribution is 2.25. The van der Waals surface area contributed by atoms with Crippen LogP contribution in [0.5, 0.6) is 0 Å². The van der Waals surface area contributed by atoms with Gasteiger partial charge in [0.2, 0.25) is 5.91 Å². The number of carbonyl (C=O) groups excluding carboxylic acids is 1. The number of carbonyl (C=O) groups is 1. The summed E-state index contributed by atoms with van der Waals surface area (Å²) in [5, 5.41) is 3.71. The summed E-state index contributed by atoms with van der Waals surface area (Å²) in [7, 11) is 1.75. The molecule has 2 aliphatic heterocycles. The molecule has 0 radical (unpaired) electrons. The van der Waals surface area contributed by atoms with Crippen LogP contribution in [0.2, 0.25) is 0 Å². The van der Waals surface area contributed by atoms with Gasteiger partial charge in [-0.05, 0) is 36.8 Å². The second-order valence-corrected chi connectivity index (χ2v) is 8.83. The Morgan fingerprint density at radius 1 is 1.24 bits per heavy atom. The van der Waals surface area contributed by atoms with Crippen molar-refractivity contribution >= 4 is 5.91 Å². The Morgan fingerprint density at radius 3 is 2.73 bits per heavy atom. The van der Waals surface area contributed by atoms with Gasteiger partial charge in [0.1, 0.15) is 0 Å². The van der Waals surface area contributed by atoms with Gasteiger partial charge in [-0.15, -0.1) is 0 Å². The molecule has 4 rings (SSSR count). The average molecular weight is 460 g/mol. The van der Waals surface area contributed by atoms with E-state index in [0.29, 0.717) is 37.6 Å². The fourth-order valence-electron chi connectivity index (χ4n) is 4.53. The van der Waals surface area contributed by atoms with E-state index in [2.05, 4.69) is 42.4 Å². The third-order valence-electron chi connectivity index (χ3n) is 6.25. The molecule has 1 aromatic rings. The Kier molecular flexibility index (Phi) is 12.7. The van der Waals surface area contributed by atoms with Crippen molar-refractivity contribution in [3.8, 4) is 0 Å². The summed E-state index contributed by atoms with van der Waals surface area (Å²) in [6, 6.07) is 4.74. The van der Waals surface area contributed by atoms with Gasteiger partial charge in [-0.1, -0.05) is 52.3 Å². The summed E-state index contributed by atoms with van der Waals surface area (Å²) in [6.07, 6.45) is 12.3. The topological polar surface area (TPSA) is 63.7 Å². The summed E-state index contributed by atoms with van der Waals surface area (Å²) in [6.45, 7) is 11.2. The lowest BCUT2D eigenvalue weighted by Gasteiger charge is -2.35. The van der Waals surface area contributed by atoms with Crippen LogP contribution in [-0.4, -0.2) is 60.8 Å². The fourth-order valence-corrected chi connectivity index (χ4v) is 4.53. The predicted octanol–water partition coefficient (Wildman–Crippen LogP) is 4.53. The summed E-state index contributed by atoms with van der Waals surface area (Å²) in [5.74, 6) is 0.605. The van der Waals surface area contributed by atoms with Gasteiger partial charge in [-0.25, -0.2) is 0 Å². The zero-order valence-corrected chi connectivity index (χ0v) is 21.4. The molecule has 6 nitrogen and oxygen atoms in total. The Hall–Kier alpha value is -1.76. The number of nitrogens with one attached hydrogen (secondary N) is 1. The maximum Gasteiger partial charge on any atom is 0.223 e. The minimum atomic E-state index is 0.123. The van der Waals surface area contributed by atoms with E-state index < -0.39 is 0 Å². The van der Waals surface area contributed by atoms with E-state index in [-0.39, 0.29) is 12.0 Å². The molecule has 186 valence electrons. The first-order valence-corrected chi connectivity index (χ1v) is 12.9. The van der Waals surface area contributed by atoms with Crippen molar-refractivity contribution in [3.63, 3.8) is 0 Å². The molecule has 3 heterocycles. The van der Waals surface area contributed by atoms with Crippen molar-refractivity contribution in [3.05, 3.63) is 41.7 Å². The van der Waals surface area contributed by atoms with Gasteiger partial charge >= 0.3 is 0 Å². The first-order valence-electron chi connectivity index (χ1n) is 12.9. The number of rotatable bonds is 5. The normalized spacial score (nSPS) is 26.3. The van der Waals surface area contributed by atoms with Crippen LogP contribution >= 0.6 is 0 Å². The average Bonchev–Trinajstić information content (AvgIpc) is 2.87. The van der Waals surface area contributed by atoms with Crippen molar-refractivity contribution in [1.29, 1.82) is 0 Å². The van der Waals surface area contributed by atoms with Crippen LogP contribution in [0.3, 0.4) is 0 Å². The zero-order chi connectivity index (χ0) is 24.1. The van der Waals surface area contributed by atoms with E-state index in [9.17, 15) is 4.79 Å². The predicted molar refractivity (Wildman–Crippen MR) is 134 cm³/mol. The molecule has 4 unspecified atom stereocenters. The van der Waals surface area contributed by atoms with E-state index in [0.717, 1.165) is 44.5 Å². The molecule has 0 spiro atoms. The highest BCUT2D eigenvalue weighted by molar-refractivity contribution is 5.77. The maximum atomic E-state index is 12.8. The van der Waals surface area contributed by atoms with Crippen LogP contribution < -0.4 is 5.32 Å². The van der Waals surface area contributed by atoms with Crippen LogP contribution in [0.25, 0.3) is 0 Å². The number of aromatic nitrogens is 1. The monoisotopic (exact) mass is 459 g/mol. The molecular formula is C27H45N3O3. The Labute approximate surface area is 201 Å². The molecule has 0 aromatic carbocycles. The highest BCUT2D eigenvalue weighted by atomic mass is 16.5. The Morgan fingerprint density at radius 2 is 2.03 bits per heavy atom. The molecule has 33 heavy (non-hydrogen) atoms. The number of allylic oxidation sites excluding steroid dienone is 1. The standard InChI is InChI=1S/C22H31N3O3.C3H8.C2H6/c1-27-21-15-28-12-9-20(21)24-18-6-4-16(5-7-18)13-22(26)25-11-8-19-17(14-25)3-2-10-23-19;1-3-2;1-2/h2-4,6,10,16,18,20-21,24H,5,7-9,11-15H2,1H3;3H2,1-2H3;1-2H3. The van der Waals surface area contributed by atoms with E-state index >= 15 is 0 Å². The molecule has 0 saturated carbocycles. The van der Waals surface area contributed by atoms with E-state index in [1.54, 1.807) is 7.11 Å². The molecule has 3 aliphatic rings. The third kappa shape index (κ3) is 8.51. The minimum Gasteiger partial charge on any atom is -0.379 e. The first-order chi connectivity index (χ1) is 16.1. The number of methoxy groups -OCH3 is 1. The molecule has 4 atom stereocenters. The van der Waals surface area contributed by atoms with E-state index in [4.69, 9.17) is 9.47 Å². The zero-order valence-electron chi connectivity index (χ0n) is 21.4. The first kappa shape index (κ1) is 27.5. The number of hydrogen-bond acceptors (Lipinski definition) is 5. The molecule has 0 bridgehead atoms. The Balaban J connectivity index is 0.000000714. The van der Waals surface area contributed by atoms with Gasteiger partial charge in [-0.3, -0.25) is 9.78 Å². The van der Waals surface area contributed by atoms with Gasteiger partial charge < -0.3 is 19.7 Å². The van der Waals surface area contributed by atoms with E-state index in [1.807, 2.05) is 31.0 Å². The minimum absolute atomic E-state index is 0.123. The molecule has 1 saturated heterocycles. The van der Waals surface area contributed by atoms with Crippen LogP contribution in [0.15, 0.2) is 30.5 Å². The third-order valence-corrected chi connectivity index (χ3v) is 6.25. The van der Waals surface area contributed by atoms with Gasteiger partial charge in [0, 0.05) is 63.6 Å². The summed E-state index contributed by atoms with van der Waals surface area (Å²) < 4.78 is 11.0. The lowest BCUT2D eigenvalue weighted by molar-refractivity contribution is -0.132. The molecular weight excluding hydrogens is 414 g/mol. The molecule has 1 aromatic heterocycles. The fraction of sp³-hybridized carbons (Fsp3) is 0.704. The van der Waals surface area contributed by atoms with Gasteiger partial charge in [0.15, 0.2) is 0 Å². The van der Waals surface area contributed by atoms with Crippen molar-refractivity contribution in [2.24, 2.45) is 5.92 Å². The van der Waals surface area contributed by atoms with Crippen molar-refractivity contribution in [2.75, 3.05) is 26.9 Å². The molecule has 1 N–H and O–H groups in total. The number of fused-ring (bicyclic) bond motifs is 1. The highest BCUT2D eigenvalue weighted by Gasteiger charge is 2.29. The Bertz CT molecular complexity index is 724. The van der Waals surface area contributed by atoms with Gasteiger partial charge in [0.25, 0.3) is 0 Å². The quantitative estimate of drug-likeness (QED) is 0.656. The SMILES string of the molecule is CC.CCC.COC1COCCC1NC1C=CC(CC(=O)N2CCc3ncccc3C2)CC1. The lowest BCUT2D eigenvalue weighted by atomic mass is 9.89. The number of hydrogen-bond donors (Lipinski definition) is 1. The molecule has 1 aliphatic carbocycles. The maximum absolute atomic E-state index is 12.8. The summed E-state index contributed by atoms with van der Waals surface area (Å²) >= 11 is 0. The van der Waals surface area contributed by atoms with Gasteiger partial charge in [-0.2, -0.15) is 0 Å². The second-order valence-electron chi connectivity index (χ2n) is 8.83. The van der Waals surface area contributed by atoms with Crippen LogP contribution in [-0.2, 0) is 27.2 Å². The van der Waals surface area contributed by atoms with Crippen molar-refractivity contribution in [1.82, 2.24) is 15.2 Å². The van der Waals surface area contributed by atoms with E-state index in [1.165, 1.54) is 12.0 Å². The smallest absolute Gasteiger partial charge is 0.223 e. The molecule has 1 amide bonds. The number of pyridine rings is 1. The van der Waals surface area contributed by atoms with Crippen LogP contribution in [0.1, 0.15) is 71.1 Å². The number of nitrogens with zero attached hydrogens (tertiary/aromatic N) is 2. The molecule has 1 fully saturated rings. The summed E-state index contributed by atoms with van der Waals surface area (Å²) in [5.41, 5.74) is 2.33.